The quantitative estimate of drug-likeness (QED) is 0.673. The van der Waals surface area contributed by atoms with Crippen LogP contribution in [0.25, 0.3) is 11.3 Å². The summed E-state index contributed by atoms with van der Waals surface area (Å²) in [7, 11) is 0. The lowest BCUT2D eigenvalue weighted by atomic mass is 10.1. The smallest absolute Gasteiger partial charge is 0.0929 e. The van der Waals surface area contributed by atoms with Gasteiger partial charge in [-0.2, -0.15) is 0 Å². The fourth-order valence-electron chi connectivity index (χ4n) is 1.44. The number of rotatable bonds is 1. The van der Waals surface area contributed by atoms with Gasteiger partial charge in [0.25, 0.3) is 0 Å². The molecule has 14 heavy (non-hydrogen) atoms. The van der Waals surface area contributed by atoms with E-state index in [9.17, 15) is 0 Å². The third-order valence-electron chi connectivity index (χ3n) is 2.38. The number of nitrogens with one attached hydrogen (secondary N) is 1. The molecule has 0 unspecified atom stereocenters. The van der Waals surface area contributed by atoms with Crippen molar-refractivity contribution >= 4 is 5.69 Å². The SMILES string of the molecule is Cc1ccc(-c2nc[nH]c2C)cc1N. The molecule has 0 spiro atoms. The van der Waals surface area contributed by atoms with Crippen LogP contribution in [0.2, 0.25) is 0 Å². The lowest BCUT2D eigenvalue weighted by Crippen LogP contribution is -1.90. The number of anilines is 1. The van der Waals surface area contributed by atoms with Gasteiger partial charge in [0.2, 0.25) is 0 Å². The topological polar surface area (TPSA) is 54.7 Å². The van der Waals surface area contributed by atoms with E-state index in [0.717, 1.165) is 28.2 Å². The summed E-state index contributed by atoms with van der Waals surface area (Å²) in [6.07, 6.45) is 1.70. The average Bonchev–Trinajstić information content (AvgIpc) is 2.57. The Balaban J connectivity index is 2.53. The van der Waals surface area contributed by atoms with Crippen LogP contribution in [0.4, 0.5) is 5.69 Å². The molecule has 0 radical (unpaired) electrons. The molecule has 0 fully saturated rings. The van der Waals surface area contributed by atoms with Gasteiger partial charge in [-0.3, -0.25) is 0 Å². The Bertz CT molecular complexity index is 457. The molecule has 0 aliphatic carbocycles. The molecule has 3 N–H and O–H groups in total. The number of nitrogens with two attached hydrogens (primary N) is 1. The molecular formula is C11H13N3. The highest BCUT2D eigenvalue weighted by molar-refractivity contribution is 5.67. The first-order valence-corrected chi connectivity index (χ1v) is 4.55. The van der Waals surface area contributed by atoms with Gasteiger partial charge < -0.3 is 10.7 Å². The van der Waals surface area contributed by atoms with E-state index in [-0.39, 0.29) is 0 Å². The summed E-state index contributed by atoms with van der Waals surface area (Å²) in [6.45, 7) is 3.99. The van der Waals surface area contributed by atoms with Crippen LogP contribution in [0, 0.1) is 13.8 Å². The molecule has 1 heterocycles. The number of aromatic amines is 1. The van der Waals surface area contributed by atoms with Gasteiger partial charge in [-0.15, -0.1) is 0 Å². The van der Waals surface area contributed by atoms with Crippen molar-refractivity contribution in [3.05, 3.63) is 35.8 Å². The summed E-state index contributed by atoms with van der Waals surface area (Å²) in [6, 6.07) is 6.01. The highest BCUT2D eigenvalue weighted by Crippen LogP contribution is 2.23. The minimum absolute atomic E-state index is 0.810. The monoisotopic (exact) mass is 187 g/mol. The van der Waals surface area contributed by atoms with Crippen LogP contribution in [-0.4, -0.2) is 9.97 Å². The maximum absolute atomic E-state index is 5.84. The Hall–Kier alpha value is -1.77. The number of hydrogen-bond donors (Lipinski definition) is 2. The first kappa shape index (κ1) is 8.81. The summed E-state index contributed by atoms with van der Waals surface area (Å²) >= 11 is 0. The number of H-pyrrole nitrogens is 1. The molecule has 0 bridgehead atoms. The first-order valence-electron chi connectivity index (χ1n) is 4.55. The Morgan fingerprint density at radius 3 is 2.64 bits per heavy atom. The number of aryl methyl sites for hydroxylation is 2. The van der Waals surface area contributed by atoms with E-state index in [2.05, 4.69) is 9.97 Å². The van der Waals surface area contributed by atoms with Gasteiger partial charge in [0.05, 0.1) is 12.0 Å². The number of nitrogen functional groups attached to an aromatic ring is 1. The van der Waals surface area contributed by atoms with Crippen molar-refractivity contribution in [2.75, 3.05) is 5.73 Å². The van der Waals surface area contributed by atoms with E-state index in [1.165, 1.54) is 0 Å². The summed E-state index contributed by atoms with van der Waals surface area (Å²) in [5.74, 6) is 0. The van der Waals surface area contributed by atoms with E-state index in [1.54, 1.807) is 6.33 Å². The second-order valence-corrected chi connectivity index (χ2v) is 3.45. The molecular weight excluding hydrogens is 174 g/mol. The number of hydrogen-bond acceptors (Lipinski definition) is 2. The summed E-state index contributed by atoms with van der Waals surface area (Å²) < 4.78 is 0. The van der Waals surface area contributed by atoms with E-state index >= 15 is 0 Å². The second kappa shape index (κ2) is 3.18. The van der Waals surface area contributed by atoms with Crippen LogP contribution in [0.15, 0.2) is 24.5 Å². The minimum atomic E-state index is 0.810. The molecule has 0 saturated carbocycles. The lowest BCUT2D eigenvalue weighted by molar-refractivity contribution is 1.25. The number of aromatic nitrogens is 2. The molecule has 2 aromatic rings. The minimum Gasteiger partial charge on any atom is -0.398 e. The van der Waals surface area contributed by atoms with E-state index < -0.39 is 0 Å². The maximum Gasteiger partial charge on any atom is 0.0929 e. The van der Waals surface area contributed by atoms with Gasteiger partial charge in [0.15, 0.2) is 0 Å². The lowest BCUT2D eigenvalue weighted by Gasteiger charge is -2.03. The molecule has 1 aromatic carbocycles. The Kier molecular flexibility index (Phi) is 2.00. The van der Waals surface area contributed by atoms with Crippen molar-refractivity contribution in [3.63, 3.8) is 0 Å². The van der Waals surface area contributed by atoms with Crippen LogP contribution in [0.1, 0.15) is 11.3 Å². The van der Waals surface area contributed by atoms with E-state index in [1.807, 2.05) is 32.0 Å². The molecule has 0 aliphatic rings. The van der Waals surface area contributed by atoms with Crippen LogP contribution < -0.4 is 5.73 Å². The highest BCUT2D eigenvalue weighted by atomic mass is 14.9. The summed E-state index contributed by atoms with van der Waals surface area (Å²) in [5.41, 5.74) is 10.8. The van der Waals surface area contributed by atoms with Crippen molar-refractivity contribution in [2.45, 2.75) is 13.8 Å². The van der Waals surface area contributed by atoms with Crippen molar-refractivity contribution in [3.8, 4) is 11.3 Å². The fourth-order valence-corrected chi connectivity index (χ4v) is 1.44. The third kappa shape index (κ3) is 1.37. The summed E-state index contributed by atoms with van der Waals surface area (Å²) in [4.78, 5) is 7.29. The van der Waals surface area contributed by atoms with Crippen molar-refractivity contribution in [2.24, 2.45) is 0 Å². The third-order valence-corrected chi connectivity index (χ3v) is 2.38. The van der Waals surface area contributed by atoms with Gasteiger partial charge in [-0.25, -0.2) is 4.98 Å². The van der Waals surface area contributed by atoms with Crippen LogP contribution in [-0.2, 0) is 0 Å². The average molecular weight is 187 g/mol. The molecule has 2 rings (SSSR count). The molecule has 72 valence electrons. The number of imidazole rings is 1. The zero-order valence-corrected chi connectivity index (χ0v) is 8.33. The van der Waals surface area contributed by atoms with Crippen LogP contribution >= 0.6 is 0 Å². The zero-order valence-electron chi connectivity index (χ0n) is 8.33. The standard InChI is InChI=1S/C11H13N3/c1-7-3-4-9(5-10(7)12)11-8(2)13-6-14-11/h3-6H,12H2,1-2H3,(H,13,14). The summed E-state index contributed by atoms with van der Waals surface area (Å²) in [5, 5.41) is 0. The molecule has 0 aliphatic heterocycles. The zero-order chi connectivity index (χ0) is 10.1. The molecule has 3 heteroatoms. The maximum atomic E-state index is 5.84. The first-order chi connectivity index (χ1) is 6.68. The molecule has 0 atom stereocenters. The van der Waals surface area contributed by atoms with Gasteiger partial charge in [0.1, 0.15) is 0 Å². The molecule has 0 saturated heterocycles. The Morgan fingerprint density at radius 1 is 1.29 bits per heavy atom. The van der Waals surface area contributed by atoms with E-state index in [4.69, 9.17) is 5.73 Å². The molecule has 1 aromatic heterocycles. The highest BCUT2D eigenvalue weighted by Gasteiger charge is 2.05. The predicted molar refractivity (Wildman–Crippen MR) is 57.9 cm³/mol. The van der Waals surface area contributed by atoms with Gasteiger partial charge in [-0.1, -0.05) is 12.1 Å². The van der Waals surface area contributed by atoms with E-state index in [0.29, 0.717) is 0 Å². The van der Waals surface area contributed by atoms with Crippen molar-refractivity contribution in [1.29, 1.82) is 0 Å². The van der Waals surface area contributed by atoms with Crippen LogP contribution in [0.5, 0.6) is 0 Å². The Morgan fingerprint density at radius 2 is 2.07 bits per heavy atom. The van der Waals surface area contributed by atoms with Gasteiger partial charge >= 0.3 is 0 Å². The van der Waals surface area contributed by atoms with Crippen LogP contribution in [0.3, 0.4) is 0 Å². The van der Waals surface area contributed by atoms with Crippen molar-refractivity contribution in [1.82, 2.24) is 9.97 Å². The second-order valence-electron chi connectivity index (χ2n) is 3.45. The number of nitrogens with zero attached hydrogens (tertiary/aromatic N) is 1. The fraction of sp³-hybridized carbons (Fsp3) is 0.182. The predicted octanol–water partition coefficient (Wildman–Crippen LogP) is 2.28. The Labute approximate surface area is 83.0 Å². The van der Waals surface area contributed by atoms with Crippen molar-refractivity contribution < 1.29 is 0 Å². The number of benzene rings is 1. The van der Waals surface area contributed by atoms with Gasteiger partial charge in [0, 0.05) is 16.9 Å². The normalized spacial score (nSPS) is 10.4. The van der Waals surface area contributed by atoms with Gasteiger partial charge in [-0.05, 0) is 25.5 Å². The largest absolute Gasteiger partial charge is 0.398 e. The molecule has 3 nitrogen and oxygen atoms in total. The molecule has 0 amide bonds.